The van der Waals surface area contributed by atoms with Crippen LogP contribution >= 0.6 is 0 Å². The van der Waals surface area contributed by atoms with Crippen LogP contribution in [0.4, 0.5) is 0 Å². The lowest BCUT2D eigenvalue weighted by atomic mass is 9.96. The number of methoxy groups -OCH3 is 1. The molecule has 0 amide bonds. The van der Waals surface area contributed by atoms with Crippen LogP contribution in [0.3, 0.4) is 0 Å². The van der Waals surface area contributed by atoms with Crippen molar-refractivity contribution in [1.29, 1.82) is 0 Å². The molecule has 1 aliphatic rings. The molecule has 2 rings (SSSR count). The maximum atomic E-state index is 5.86. The van der Waals surface area contributed by atoms with E-state index in [1.165, 1.54) is 6.42 Å². The molecule has 112 valence electrons. The van der Waals surface area contributed by atoms with Crippen molar-refractivity contribution in [2.75, 3.05) is 33.4 Å². The molecule has 0 aliphatic carbocycles. The first-order chi connectivity index (χ1) is 9.74. The second kappa shape index (κ2) is 7.62. The van der Waals surface area contributed by atoms with Gasteiger partial charge in [-0.25, -0.2) is 0 Å². The summed E-state index contributed by atoms with van der Waals surface area (Å²) in [6.07, 6.45) is 1.54. The summed E-state index contributed by atoms with van der Waals surface area (Å²) in [5.74, 6) is 1.55. The van der Waals surface area contributed by atoms with Crippen molar-refractivity contribution in [1.82, 2.24) is 4.90 Å². The van der Waals surface area contributed by atoms with Crippen LogP contribution in [0, 0.1) is 5.92 Å². The highest BCUT2D eigenvalue weighted by atomic mass is 16.5. The van der Waals surface area contributed by atoms with Crippen molar-refractivity contribution < 1.29 is 9.47 Å². The number of nitrogens with zero attached hydrogens (tertiary/aromatic N) is 1. The van der Waals surface area contributed by atoms with Gasteiger partial charge in [0.2, 0.25) is 0 Å². The summed E-state index contributed by atoms with van der Waals surface area (Å²) >= 11 is 0. The highest BCUT2D eigenvalue weighted by Crippen LogP contribution is 2.20. The third kappa shape index (κ3) is 3.95. The highest BCUT2D eigenvalue weighted by Gasteiger charge is 2.25. The van der Waals surface area contributed by atoms with Gasteiger partial charge >= 0.3 is 0 Å². The summed E-state index contributed by atoms with van der Waals surface area (Å²) in [6.45, 7) is 6.54. The number of hydrogen-bond acceptors (Lipinski definition) is 4. The number of ether oxygens (including phenoxy) is 2. The summed E-state index contributed by atoms with van der Waals surface area (Å²) in [5, 5.41) is 0. The average molecular weight is 278 g/mol. The summed E-state index contributed by atoms with van der Waals surface area (Å²) in [7, 11) is 1.80. The molecule has 4 heteroatoms. The number of para-hydroxylation sites is 1. The summed E-state index contributed by atoms with van der Waals surface area (Å²) < 4.78 is 11.4. The minimum absolute atomic E-state index is 0.347. The fourth-order valence-corrected chi connectivity index (χ4v) is 2.71. The second-order valence-electron chi connectivity index (χ2n) is 5.50. The molecule has 1 aromatic carbocycles. The van der Waals surface area contributed by atoms with E-state index in [9.17, 15) is 0 Å². The Hall–Kier alpha value is -1.10. The summed E-state index contributed by atoms with van der Waals surface area (Å²) in [5.41, 5.74) is 6.77. The zero-order valence-corrected chi connectivity index (χ0v) is 12.5. The van der Waals surface area contributed by atoms with Crippen molar-refractivity contribution in [3.05, 3.63) is 29.8 Å². The van der Waals surface area contributed by atoms with Crippen LogP contribution < -0.4 is 10.5 Å². The SMILES string of the molecule is COC1CN(CCOc2ccccc2CN)CCC1C. The lowest BCUT2D eigenvalue weighted by molar-refractivity contribution is -0.00790. The van der Waals surface area contributed by atoms with Crippen LogP contribution in [0.1, 0.15) is 18.9 Å². The Bertz CT molecular complexity index is 411. The first kappa shape index (κ1) is 15.3. The van der Waals surface area contributed by atoms with Crippen LogP contribution in [0.15, 0.2) is 24.3 Å². The molecule has 1 aliphatic heterocycles. The van der Waals surface area contributed by atoms with Gasteiger partial charge in [-0.3, -0.25) is 4.90 Å². The summed E-state index contributed by atoms with van der Waals surface area (Å²) in [6, 6.07) is 7.97. The van der Waals surface area contributed by atoms with E-state index in [4.69, 9.17) is 15.2 Å². The van der Waals surface area contributed by atoms with Gasteiger partial charge in [0, 0.05) is 32.3 Å². The minimum atomic E-state index is 0.347. The molecule has 0 saturated carbocycles. The zero-order chi connectivity index (χ0) is 14.4. The van der Waals surface area contributed by atoms with Crippen molar-refractivity contribution in [3.63, 3.8) is 0 Å². The van der Waals surface area contributed by atoms with Gasteiger partial charge in [-0.05, 0) is 24.9 Å². The molecule has 2 atom stereocenters. The van der Waals surface area contributed by atoms with Crippen LogP contribution in [0.5, 0.6) is 5.75 Å². The number of nitrogens with two attached hydrogens (primary N) is 1. The molecule has 1 saturated heterocycles. The van der Waals surface area contributed by atoms with Crippen molar-refractivity contribution in [2.24, 2.45) is 11.7 Å². The Morgan fingerprint density at radius 2 is 2.15 bits per heavy atom. The first-order valence-corrected chi connectivity index (χ1v) is 7.40. The van der Waals surface area contributed by atoms with Crippen molar-refractivity contribution in [2.45, 2.75) is 26.0 Å². The number of piperidine rings is 1. The van der Waals surface area contributed by atoms with Gasteiger partial charge in [-0.1, -0.05) is 25.1 Å². The maximum absolute atomic E-state index is 5.86. The standard InChI is InChI=1S/C16H26N2O2/c1-13-7-8-18(12-16(13)19-2)9-10-20-15-6-4-3-5-14(15)11-17/h3-6,13,16H,7-12,17H2,1-2H3. The first-order valence-electron chi connectivity index (χ1n) is 7.40. The van der Waals surface area contributed by atoms with Gasteiger partial charge in [0.1, 0.15) is 12.4 Å². The van der Waals surface area contributed by atoms with Crippen LogP contribution in [-0.2, 0) is 11.3 Å². The van der Waals surface area contributed by atoms with Gasteiger partial charge in [0.25, 0.3) is 0 Å². The Kier molecular flexibility index (Phi) is 5.83. The molecule has 2 N–H and O–H groups in total. The van der Waals surface area contributed by atoms with Crippen LogP contribution in [-0.4, -0.2) is 44.4 Å². The van der Waals surface area contributed by atoms with Gasteiger partial charge in [0.05, 0.1) is 6.10 Å². The molecule has 0 spiro atoms. The van der Waals surface area contributed by atoms with E-state index in [2.05, 4.69) is 11.8 Å². The molecule has 4 nitrogen and oxygen atoms in total. The second-order valence-corrected chi connectivity index (χ2v) is 5.50. The fourth-order valence-electron chi connectivity index (χ4n) is 2.71. The molecule has 2 unspecified atom stereocenters. The molecule has 1 fully saturated rings. The number of likely N-dealkylation sites (tertiary alicyclic amines) is 1. The van der Waals surface area contributed by atoms with Crippen molar-refractivity contribution in [3.8, 4) is 5.75 Å². The lowest BCUT2D eigenvalue weighted by Crippen LogP contribution is -2.45. The van der Waals surface area contributed by atoms with Gasteiger partial charge < -0.3 is 15.2 Å². The van der Waals surface area contributed by atoms with Gasteiger partial charge in [-0.2, -0.15) is 0 Å². The fraction of sp³-hybridized carbons (Fsp3) is 0.625. The monoisotopic (exact) mass is 278 g/mol. The topological polar surface area (TPSA) is 47.7 Å². The van der Waals surface area contributed by atoms with E-state index in [-0.39, 0.29) is 0 Å². The minimum Gasteiger partial charge on any atom is -0.492 e. The number of benzene rings is 1. The zero-order valence-electron chi connectivity index (χ0n) is 12.5. The molecular weight excluding hydrogens is 252 g/mol. The predicted molar refractivity (Wildman–Crippen MR) is 80.8 cm³/mol. The molecule has 0 bridgehead atoms. The van der Waals surface area contributed by atoms with E-state index >= 15 is 0 Å². The number of hydrogen-bond donors (Lipinski definition) is 1. The summed E-state index contributed by atoms with van der Waals surface area (Å²) in [4.78, 5) is 2.42. The smallest absolute Gasteiger partial charge is 0.123 e. The molecule has 20 heavy (non-hydrogen) atoms. The van der Waals surface area contributed by atoms with E-state index in [0.29, 0.717) is 25.2 Å². The van der Waals surface area contributed by atoms with E-state index in [1.807, 2.05) is 24.3 Å². The molecular formula is C16H26N2O2. The van der Waals surface area contributed by atoms with Crippen LogP contribution in [0.2, 0.25) is 0 Å². The van der Waals surface area contributed by atoms with E-state index < -0.39 is 0 Å². The quantitative estimate of drug-likeness (QED) is 0.863. The Balaban J connectivity index is 1.78. The predicted octanol–water partition coefficient (Wildman–Crippen LogP) is 1.88. The molecule has 0 radical (unpaired) electrons. The maximum Gasteiger partial charge on any atom is 0.123 e. The Morgan fingerprint density at radius 3 is 2.90 bits per heavy atom. The van der Waals surface area contributed by atoms with Gasteiger partial charge in [-0.15, -0.1) is 0 Å². The van der Waals surface area contributed by atoms with Crippen LogP contribution in [0.25, 0.3) is 0 Å². The number of rotatable bonds is 6. The molecule has 1 aromatic rings. The van der Waals surface area contributed by atoms with Gasteiger partial charge in [0.15, 0.2) is 0 Å². The average Bonchev–Trinajstić information content (AvgIpc) is 2.49. The third-order valence-corrected chi connectivity index (χ3v) is 4.13. The van der Waals surface area contributed by atoms with Crippen molar-refractivity contribution >= 4 is 0 Å². The van der Waals surface area contributed by atoms with E-state index in [1.54, 1.807) is 7.11 Å². The van der Waals surface area contributed by atoms with E-state index in [0.717, 1.165) is 30.9 Å². The molecule has 0 aromatic heterocycles. The Labute approximate surface area is 121 Å². The third-order valence-electron chi connectivity index (χ3n) is 4.13. The highest BCUT2D eigenvalue weighted by molar-refractivity contribution is 5.32. The lowest BCUT2D eigenvalue weighted by Gasteiger charge is -2.36. The Morgan fingerprint density at radius 1 is 1.35 bits per heavy atom. The largest absolute Gasteiger partial charge is 0.492 e. The normalized spacial score (nSPS) is 23.8. The molecule has 1 heterocycles.